The molecule has 3 N–H and O–H groups in total. The third-order valence-corrected chi connectivity index (χ3v) is 5.56. The molecule has 1 aromatic carbocycles. The first-order valence-corrected chi connectivity index (χ1v) is 10.4. The zero-order valence-electron chi connectivity index (χ0n) is 17.0. The fraction of sp³-hybridized carbons (Fsp3) is 0.619. The summed E-state index contributed by atoms with van der Waals surface area (Å²) in [6, 6.07) is 8.59. The first-order valence-electron chi connectivity index (χ1n) is 10.4. The minimum atomic E-state index is 0. The van der Waals surface area contributed by atoms with E-state index in [0.717, 1.165) is 31.2 Å². The van der Waals surface area contributed by atoms with E-state index < -0.39 is 0 Å². The van der Waals surface area contributed by atoms with Crippen LogP contribution in [0.2, 0.25) is 0 Å². The third-order valence-electron chi connectivity index (χ3n) is 5.56. The van der Waals surface area contributed by atoms with Crippen LogP contribution in [0, 0.1) is 0 Å². The van der Waals surface area contributed by atoms with Crippen LogP contribution in [0.1, 0.15) is 51.0 Å². The minimum absolute atomic E-state index is 0. The van der Waals surface area contributed by atoms with Crippen LogP contribution in [0.15, 0.2) is 29.3 Å². The van der Waals surface area contributed by atoms with Crippen LogP contribution in [-0.2, 0) is 4.79 Å². The zero-order valence-corrected chi connectivity index (χ0v) is 19.4. The average molecular weight is 499 g/mol. The largest absolute Gasteiger partial charge is 0.357 e. The number of carbonyl (C=O) groups is 1. The van der Waals surface area contributed by atoms with Crippen molar-refractivity contribution in [2.24, 2.45) is 4.99 Å². The Morgan fingerprint density at radius 1 is 1.25 bits per heavy atom. The molecule has 1 saturated heterocycles. The standard InChI is InChI=1S/C21H33N5O.HI/c1-3-17(26-11-7-8-12-26)15-24-21(22-4-2)23-14-16-13-20(27)25-19-10-6-5-9-18(16)19;/h5-6,9-10,16-17H,3-4,7-8,11-15H2,1-2H3,(H,25,27)(H2,22,23,24);1H. The van der Waals surface area contributed by atoms with Gasteiger partial charge in [0.2, 0.25) is 5.91 Å². The molecule has 156 valence electrons. The lowest BCUT2D eigenvalue weighted by molar-refractivity contribution is -0.116. The van der Waals surface area contributed by atoms with Gasteiger partial charge in [-0.1, -0.05) is 25.1 Å². The van der Waals surface area contributed by atoms with E-state index in [-0.39, 0.29) is 35.8 Å². The maximum Gasteiger partial charge on any atom is 0.225 e. The van der Waals surface area contributed by atoms with E-state index in [0.29, 0.717) is 19.0 Å². The van der Waals surface area contributed by atoms with Crippen molar-refractivity contribution in [1.29, 1.82) is 0 Å². The summed E-state index contributed by atoms with van der Waals surface area (Å²) in [5, 5.41) is 9.77. The molecule has 2 aliphatic heterocycles. The lowest BCUT2D eigenvalue weighted by atomic mass is 9.90. The van der Waals surface area contributed by atoms with Crippen LogP contribution in [0.5, 0.6) is 0 Å². The fourth-order valence-corrected chi connectivity index (χ4v) is 4.05. The van der Waals surface area contributed by atoms with E-state index in [9.17, 15) is 4.79 Å². The lowest BCUT2D eigenvalue weighted by Gasteiger charge is -2.27. The highest BCUT2D eigenvalue weighted by Crippen LogP contribution is 2.31. The van der Waals surface area contributed by atoms with Gasteiger partial charge in [0.15, 0.2) is 5.96 Å². The van der Waals surface area contributed by atoms with Gasteiger partial charge in [-0.3, -0.25) is 14.7 Å². The molecule has 1 amide bonds. The monoisotopic (exact) mass is 499 g/mol. The minimum Gasteiger partial charge on any atom is -0.357 e. The molecular weight excluding hydrogens is 465 g/mol. The molecule has 2 heterocycles. The number of nitrogens with one attached hydrogen (secondary N) is 3. The molecule has 7 heteroatoms. The summed E-state index contributed by atoms with van der Waals surface area (Å²) in [5.74, 6) is 1.10. The number of halogens is 1. The van der Waals surface area contributed by atoms with Crippen molar-refractivity contribution in [2.75, 3.05) is 38.0 Å². The van der Waals surface area contributed by atoms with Gasteiger partial charge >= 0.3 is 0 Å². The lowest BCUT2D eigenvalue weighted by Crippen LogP contribution is -2.42. The Kier molecular flexibility index (Phi) is 9.50. The quantitative estimate of drug-likeness (QED) is 0.306. The Balaban J connectivity index is 0.00000280. The highest BCUT2D eigenvalue weighted by molar-refractivity contribution is 14.0. The number of likely N-dealkylation sites (tertiary alicyclic amines) is 1. The Morgan fingerprint density at radius 2 is 2.00 bits per heavy atom. The van der Waals surface area contributed by atoms with Gasteiger partial charge < -0.3 is 16.0 Å². The number of fused-ring (bicyclic) bond motifs is 1. The molecule has 0 saturated carbocycles. The van der Waals surface area contributed by atoms with E-state index in [1.165, 1.54) is 31.5 Å². The molecule has 0 bridgehead atoms. The zero-order chi connectivity index (χ0) is 19.1. The average Bonchev–Trinajstić information content (AvgIpc) is 3.20. The maximum atomic E-state index is 12.0. The molecule has 1 aromatic rings. The van der Waals surface area contributed by atoms with Crippen molar-refractivity contribution in [3.05, 3.63) is 29.8 Å². The van der Waals surface area contributed by atoms with E-state index in [1.54, 1.807) is 0 Å². The van der Waals surface area contributed by atoms with Crippen LogP contribution < -0.4 is 16.0 Å². The predicted molar refractivity (Wildman–Crippen MR) is 127 cm³/mol. The molecule has 0 spiro atoms. The molecule has 0 aromatic heterocycles. The van der Waals surface area contributed by atoms with Crippen molar-refractivity contribution >= 4 is 41.5 Å². The number of hydrogen-bond donors (Lipinski definition) is 3. The normalized spacial score (nSPS) is 20.7. The van der Waals surface area contributed by atoms with Gasteiger partial charge in [-0.25, -0.2) is 0 Å². The van der Waals surface area contributed by atoms with E-state index in [4.69, 9.17) is 4.99 Å². The SMILES string of the molecule is CCNC(=NCC(CC)N1CCCC1)NCC1CC(=O)Nc2ccccc21.I. The fourth-order valence-electron chi connectivity index (χ4n) is 4.05. The number of anilines is 1. The van der Waals surface area contributed by atoms with Gasteiger partial charge in [0, 0.05) is 37.2 Å². The number of carbonyl (C=O) groups excluding carboxylic acids is 1. The molecule has 28 heavy (non-hydrogen) atoms. The Hall–Kier alpha value is -1.35. The van der Waals surface area contributed by atoms with Crippen LogP contribution in [0.4, 0.5) is 5.69 Å². The number of amides is 1. The molecule has 2 atom stereocenters. The summed E-state index contributed by atoms with van der Waals surface area (Å²) in [6.07, 6.45) is 4.25. The van der Waals surface area contributed by atoms with Crippen molar-refractivity contribution < 1.29 is 4.79 Å². The molecule has 1 fully saturated rings. The van der Waals surface area contributed by atoms with Crippen molar-refractivity contribution in [3.8, 4) is 0 Å². The van der Waals surface area contributed by atoms with Crippen molar-refractivity contribution in [2.45, 2.75) is 51.5 Å². The van der Waals surface area contributed by atoms with Gasteiger partial charge in [0.1, 0.15) is 0 Å². The summed E-state index contributed by atoms with van der Waals surface area (Å²) in [7, 11) is 0. The summed E-state index contributed by atoms with van der Waals surface area (Å²) >= 11 is 0. The highest BCUT2D eigenvalue weighted by atomic mass is 127. The third kappa shape index (κ3) is 6.07. The molecule has 2 unspecified atom stereocenters. The first kappa shape index (κ1) is 22.9. The Morgan fingerprint density at radius 3 is 2.71 bits per heavy atom. The molecule has 6 nitrogen and oxygen atoms in total. The van der Waals surface area contributed by atoms with Gasteiger partial charge in [0.05, 0.1) is 6.54 Å². The topological polar surface area (TPSA) is 68.8 Å². The Labute approximate surface area is 186 Å². The summed E-state index contributed by atoms with van der Waals surface area (Å²) < 4.78 is 0. The van der Waals surface area contributed by atoms with Crippen molar-refractivity contribution in [1.82, 2.24) is 15.5 Å². The van der Waals surface area contributed by atoms with Gasteiger partial charge in [-0.2, -0.15) is 0 Å². The molecule has 3 rings (SSSR count). The van der Waals surface area contributed by atoms with Crippen LogP contribution in [0.3, 0.4) is 0 Å². The van der Waals surface area contributed by atoms with Gasteiger partial charge in [-0.05, 0) is 50.9 Å². The molecule has 0 radical (unpaired) electrons. The molecular formula is C21H34IN5O. The van der Waals surface area contributed by atoms with E-state index >= 15 is 0 Å². The van der Waals surface area contributed by atoms with Crippen molar-refractivity contribution in [3.63, 3.8) is 0 Å². The van der Waals surface area contributed by atoms with Crippen LogP contribution in [-0.4, -0.2) is 55.5 Å². The second kappa shape index (κ2) is 11.6. The predicted octanol–water partition coefficient (Wildman–Crippen LogP) is 3.16. The van der Waals surface area contributed by atoms with E-state index in [1.807, 2.05) is 18.2 Å². The Bertz CT molecular complexity index is 660. The number of benzene rings is 1. The highest BCUT2D eigenvalue weighted by Gasteiger charge is 2.25. The number of rotatable bonds is 7. The summed E-state index contributed by atoms with van der Waals surface area (Å²) in [4.78, 5) is 19.4. The summed E-state index contributed by atoms with van der Waals surface area (Å²) in [5.41, 5.74) is 2.13. The number of guanidine groups is 1. The van der Waals surface area contributed by atoms with Crippen LogP contribution >= 0.6 is 24.0 Å². The van der Waals surface area contributed by atoms with Crippen LogP contribution in [0.25, 0.3) is 0 Å². The number of aliphatic imine (C=N–C) groups is 1. The number of para-hydroxylation sites is 1. The maximum absolute atomic E-state index is 12.0. The van der Waals surface area contributed by atoms with E-state index in [2.05, 4.69) is 40.8 Å². The number of hydrogen-bond acceptors (Lipinski definition) is 3. The second-order valence-corrected chi connectivity index (χ2v) is 7.44. The summed E-state index contributed by atoms with van der Waals surface area (Å²) in [6.45, 7) is 9.07. The van der Waals surface area contributed by atoms with Gasteiger partial charge in [0.25, 0.3) is 0 Å². The smallest absolute Gasteiger partial charge is 0.225 e. The first-order chi connectivity index (χ1) is 13.2. The molecule has 0 aliphatic carbocycles. The number of nitrogens with zero attached hydrogens (tertiary/aromatic N) is 2. The second-order valence-electron chi connectivity index (χ2n) is 7.44. The molecule has 2 aliphatic rings. The van der Waals surface area contributed by atoms with Gasteiger partial charge in [-0.15, -0.1) is 24.0 Å².